The molecule has 3 rings (SSSR count). The summed E-state index contributed by atoms with van der Waals surface area (Å²) in [4.78, 5) is 15.8. The lowest BCUT2D eigenvalue weighted by molar-refractivity contribution is -1.91. The number of rotatable bonds is 3. The molecule has 0 aliphatic carbocycles. The molecule has 2 aromatic carbocycles. The van der Waals surface area contributed by atoms with Gasteiger partial charge in [-0.2, -0.15) is 14.0 Å². The second-order valence-corrected chi connectivity index (χ2v) is 5.57. The number of fused-ring (bicyclic) bond motifs is 2. The van der Waals surface area contributed by atoms with Gasteiger partial charge in [0.1, 0.15) is 15.6 Å². The number of esters is 1. The Kier molecular flexibility index (Phi) is 3.78. The highest BCUT2D eigenvalue weighted by molar-refractivity contribution is 6.05. The SMILES string of the molecule is CC(=O)Oc1c2ccccc2nc2cccc(O[Cl+3]([O-])([O-])[O-])c12. The van der Waals surface area contributed by atoms with Crippen LogP contribution in [-0.2, 0) is 4.79 Å². The summed E-state index contributed by atoms with van der Waals surface area (Å²) in [6.45, 7) is 1.22. The third kappa shape index (κ3) is 3.17. The Morgan fingerprint density at radius 3 is 2.43 bits per heavy atom. The quantitative estimate of drug-likeness (QED) is 0.471. The Bertz CT molecular complexity index is 905. The normalized spacial score (nSPS) is 11.7. The van der Waals surface area contributed by atoms with Crippen LogP contribution in [0.25, 0.3) is 21.8 Å². The minimum Gasteiger partial charge on any atom is -0.425 e. The monoisotopic (exact) mass is 335 g/mol. The summed E-state index contributed by atoms with van der Waals surface area (Å²) in [6.07, 6.45) is 0. The molecule has 0 bridgehead atoms. The topological polar surface area (TPSA) is 118 Å². The van der Waals surface area contributed by atoms with E-state index in [2.05, 4.69) is 9.27 Å². The van der Waals surface area contributed by atoms with Gasteiger partial charge < -0.3 is 4.74 Å². The molecular weight excluding hydrogens is 326 g/mol. The maximum Gasteiger partial charge on any atom is 0.308 e. The maximum absolute atomic E-state index is 11.4. The summed E-state index contributed by atoms with van der Waals surface area (Å²) in [5.41, 5.74) is 0.882. The van der Waals surface area contributed by atoms with Gasteiger partial charge in [-0.1, -0.05) is 22.5 Å². The molecule has 0 spiro atoms. The Morgan fingerprint density at radius 1 is 1.04 bits per heavy atom. The van der Waals surface area contributed by atoms with Crippen molar-refractivity contribution in [2.24, 2.45) is 0 Å². The van der Waals surface area contributed by atoms with Crippen LogP contribution in [-0.4, -0.2) is 11.0 Å². The number of hydrogen-bond donors (Lipinski definition) is 0. The number of nitrogens with zero attached hydrogens (tertiary/aromatic N) is 1. The van der Waals surface area contributed by atoms with Gasteiger partial charge in [0, 0.05) is 12.3 Å². The fourth-order valence-electron chi connectivity index (χ4n) is 2.28. The summed E-state index contributed by atoms with van der Waals surface area (Å²) in [5.74, 6) is -0.763. The van der Waals surface area contributed by atoms with Crippen molar-refractivity contribution in [3.8, 4) is 11.5 Å². The third-order valence-corrected chi connectivity index (χ3v) is 3.40. The molecule has 0 atom stereocenters. The average Bonchev–Trinajstić information content (AvgIpc) is 2.45. The highest BCUT2D eigenvalue weighted by Crippen LogP contribution is 2.39. The van der Waals surface area contributed by atoms with Gasteiger partial charge in [0.15, 0.2) is 5.75 Å². The first-order valence-electron chi connectivity index (χ1n) is 6.45. The van der Waals surface area contributed by atoms with Crippen LogP contribution in [0, 0.1) is 10.2 Å². The lowest BCUT2D eigenvalue weighted by Gasteiger charge is -2.15. The van der Waals surface area contributed by atoms with Crippen molar-refractivity contribution < 1.29 is 38.0 Å². The van der Waals surface area contributed by atoms with E-state index in [1.165, 1.54) is 19.1 Å². The van der Waals surface area contributed by atoms with E-state index in [0.717, 1.165) is 0 Å². The van der Waals surface area contributed by atoms with E-state index in [4.69, 9.17) is 4.74 Å². The number of aromatic nitrogens is 1. The molecule has 0 aliphatic rings. The zero-order valence-electron chi connectivity index (χ0n) is 11.8. The lowest BCUT2D eigenvalue weighted by atomic mass is 10.1. The first-order valence-corrected chi connectivity index (χ1v) is 7.69. The van der Waals surface area contributed by atoms with E-state index in [9.17, 15) is 18.8 Å². The van der Waals surface area contributed by atoms with E-state index in [1.54, 1.807) is 30.3 Å². The molecule has 0 aliphatic heterocycles. The van der Waals surface area contributed by atoms with E-state index in [1.807, 2.05) is 0 Å². The van der Waals surface area contributed by atoms with Crippen molar-refractivity contribution in [1.82, 2.24) is 4.98 Å². The molecular formula is C15H10ClNO6. The average molecular weight is 336 g/mol. The minimum atomic E-state index is -4.70. The van der Waals surface area contributed by atoms with Gasteiger partial charge in [0.05, 0.1) is 11.0 Å². The van der Waals surface area contributed by atoms with Crippen LogP contribution >= 0.6 is 0 Å². The number of pyridine rings is 1. The standard InChI is InChI=1S/C15H10ClNO6/c1-9(18)22-15-10-5-2-3-6-11(10)17-12-7-4-8-13(14(12)15)23-16(19,20)21/h2-8H,1H3. The smallest absolute Gasteiger partial charge is 0.308 e. The fraction of sp³-hybridized carbons (Fsp3) is 0.0667. The summed E-state index contributed by atoms with van der Waals surface area (Å²) in [6, 6.07) is 11.2. The molecule has 1 aromatic heterocycles. The molecule has 0 radical (unpaired) electrons. The van der Waals surface area contributed by atoms with E-state index in [-0.39, 0.29) is 16.9 Å². The molecule has 8 heteroatoms. The largest absolute Gasteiger partial charge is 0.425 e. The highest BCUT2D eigenvalue weighted by atomic mass is 35.7. The molecule has 0 saturated carbocycles. The van der Waals surface area contributed by atoms with Crippen molar-refractivity contribution >= 4 is 27.8 Å². The molecule has 118 valence electrons. The fourth-order valence-corrected chi connectivity index (χ4v) is 2.62. The molecule has 0 amide bonds. The molecule has 7 nitrogen and oxygen atoms in total. The van der Waals surface area contributed by atoms with E-state index >= 15 is 0 Å². The summed E-state index contributed by atoms with van der Waals surface area (Å²) >= 11 is 0. The second kappa shape index (κ2) is 5.64. The Morgan fingerprint density at radius 2 is 1.74 bits per heavy atom. The van der Waals surface area contributed by atoms with Crippen LogP contribution in [0.4, 0.5) is 0 Å². The number of halogens is 1. The van der Waals surface area contributed by atoms with E-state index < -0.39 is 16.2 Å². The van der Waals surface area contributed by atoms with E-state index in [0.29, 0.717) is 16.4 Å². The predicted octanol–water partition coefficient (Wildman–Crippen LogP) is -0.411. The molecule has 1 heterocycles. The van der Waals surface area contributed by atoms with Gasteiger partial charge >= 0.3 is 11.7 Å². The predicted molar refractivity (Wildman–Crippen MR) is 71.2 cm³/mol. The molecule has 23 heavy (non-hydrogen) atoms. The number of hydrogen-bond acceptors (Lipinski definition) is 7. The number of benzene rings is 2. The molecule has 0 unspecified atom stereocenters. The van der Waals surface area contributed by atoms with Crippen LogP contribution in [0.1, 0.15) is 6.92 Å². The second-order valence-electron chi connectivity index (χ2n) is 4.66. The maximum atomic E-state index is 11.4. The van der Waals surface area contributed by atoms with Gasteiger partial charge in [-0.05, 0) is 24.3 Å². The van der Waals surface area contributed by atoms with Crippen molar-refractivity contribution in [3.05, 3.63) is 42.5 Å². The molecule has 0 saturated heterocycles. The summed E-state index contributed by atoms with van der Waals surface area (Å²) in [7, 11) is -4.70. The Balaban J connectivity index is 2.38. The van der Waals surface area contributed by atoms with Gasteiger partial charge in [0.2, 0.25) is 0 Å². The highest BCUT2D eigenvalue weighted by Gasteiger charge is 2.26. The number of para-hydroxylation sites is 1. The Hall–Kier alpha value is -2.45. The Labute approximate surface area is 132 Å². The molecule has 0 N–H and O–H groups in total. The molecule has 0 fully saturated rings. The summed E-state index contributed by atoms with van der Waals surface area (Å²) < 4.78 is 42.4. The van der Waals surface area contributed by atoms with Gasteiger partial charge in [-0.25, -0.2) is 4.98 Å². The van der Waals surface area contributed by atoms with Crippen LogP contribution in [0.5, 0.6) is 11.5 Å². The number of carbonyl (C=O) groups excluding carboxylic acids is 1. The van der Waals surface area contributed by atoms with Gasteiger partial charge in [-0.3, -0.25) is 4.79 Å². The first kappa shape index (κ1) is 15.4. The van der Waals surface area contributed by atoms with Crippen LogP contribution in [0.2, 0.25) is 0 Å². The van der Waals surface area contributed by atoms with Gasteiger partial charge in [0.25, 0.3) is 0 Å². The van der Waals surface area contributed by atoms with Crippen molar-refractivity contribution in [1.29, 1.82) is 0 Å². The van der Waals surface area contributed by atoms with Crippen LogP contribution in [0.15, 0.2) is 42.5 Å². The zero-order valence-corrected chi connectivity index (χ0v) is 12.6. The van der Waals surface area contributed by atoms with Crippen molar-refractivity contribution in [2.75, 3.05) is 0 Å². The first-order chi connectivity index (χ1) is 10.8. The third-order valence-electron chi connectivity index (χ3n) is 3.04. The van der Waals surface area contributed by atoms with Crippen LogP contribution in [0.3, 0.4) is 0 Å². The minimum absolute atomic E-state index is 0.0903. The van der Waals surface area contributed by atoms with Crippen LogP contribution < -0.4 is 23.0 Å². The van der Waals surface area contributed by atoms with Crippen molar-refractivity contribution in [2.45, 2.75) is 6.92 Å². The van der Waals surface area contributed by atoms with Crippen molar-refractivity contribution in [3.63, 3.8) is 0 Å². The lowest BCUT2D eigenvalue weighted by Crippen LogP contribution is -2.63. The van der Waals surface area contributed by atoms with Gasteiger partial charge in [-0.15, -0.1) is 0 Å². The molecule has 3 aromatic rings. The summed E-state index contributed by atoms with van der Waals surface area (Å²) in [5, 5.41) is 0.625. The number of carbonyl (C=O) groups is 1. The zero-order chi connectivity index (χ0) is 16.6. The number of ether oxygens (including phenoxy) is 1.